The minimum atomic E-state index is -1.08. The molecule has 1 saturated heterocycles. The van der Waals surface area contributed by atoms with E-state index in [1.807, 2.05) is 6.92 Å². The molecule has 2 fully saturated rings. The van der Waals surface area contributed by atoms with Gasteiger partial charge in [-0.2, -0.15) is 4.39 Å². The highest BCUT2D eigenvalue weighted by Crippen LogP contribution is 2.38. The van der Waals surface area contributed by atoms with Crippen LogP contribution in [-0.4, -0.2) is 40.8 Å². The van der Waals surface area contributed by atoms with Crippen LogP contribution in [-0.2, 0) is 4.74 Å². The zero-order valence-electron chi connectivity index (χ0n) is 17.5. The first-order valence-electron chi connectivity index (χ1n) is 10.7. The Balaban J connectivity index is 1.49. The van der Waals surface area contributed by atoms with E-state index in [4.69, 9.17) is 9.15 Å². The molecule has 160 valence electrons. The summed E-state index contributed by atoms with van der Waals surface area (Å²) in [4.78, 5) is 15.0. The summed E-state index contributed by atoms with van der Waals surface area (Å²) in [5, 5.41) is 0. The summed E-state index contributed by atoms with van der Waals surface area (Å²) in [6, 6.07) is 1.45. The molecule has 0 unspecified atom stereocenters. The first-order chi connectivity index (χ1) is 13.8. The number of fused-ring (bicyclic) bond motifs is 1. The van der Waals surface area contributed by atoms with Crippen LogP contribution in [0.5, 0.6) is 0 Å². The molecular weight excluding hydrogens is 378 g/mol. The molecule has 7 heteroatoms. The normalized spacial score (nSPS) is 27.0. The van der Waals surface area contributed by atoms with Gasteiger partial charge < -0.3 is 9.15 Å². The molecule has 0 atom stereocenters. The highest BCUT2D eigenvalue weighted by Gasteiger charge is 2.39. The van der Waals surface area contributed by atoms with Crippen molar-refractivity contribution in [3.05, 3.63) is 33.8 Å². The van der Waals surface area contributed by atoms with Crippen LogP contribution in [0.25, 0.3) is 11.1 Å². The molecule has 4 rings (SSSR count). The largest absolute Gasteiger partial charge is 0.420 e. The van der Waals surface area contributed by atoms with Gasteiger partial charge in [0.2, 0.25) is 5.82 Å². The maximum atomic E-state index is 14.2. The molecule has 0 spiro atoms. The van der Waals surface area contributed by atoms with Gasteiger partial charge in [-0.25, -0.2) is 9.18 Å². The number of aryl methyl sites for hydroxylation is 1. The lowest BCUT2D eigenvalue weighted by molar-refractivity contribution is -0.0274. The Morgan fingerprint density at radius 1 is 1.17 bits per heavy atom. The average Bonchev–Trinajstić information content (AvgIpc) is 3.04. The minimum absolute atomic E-state index is 0.0624. The van der Waals surface area contributed by atoms with Crippen LogP contribution >= 0.6 is 0 Å². The van der Waals surface area contributed by atoms with Gasteiger partial charge in [0.25, 0.3) is 0 Å². The smallest absolute Gasteiger partial charge is 0.404 e. The third-order valence-corrected chi connectivity index (χ3v) is 6.97. The highest BCUT2D eigenvalue weighted by molar-refractivity contribution is 5.75. The molecule has 29 heavy (non-hydrogen) atoms. The molecule has 5 nitrogen and oxygen atoms in total. The topological polar surface area (TPSA) is 47.6 Å². The summed E-state index contributed by atoms with van der Waals surface area (Å²) >= 11 is 0. The summed E-state index contributed by atoms with van der Waals surface area (Å²) in [5.41, 5.74) is 0.420. The lowest BCUT2D eigenvalue weighted by Gasteiger charge is -2.48. The second-order valence-corrected chi connectivity index (χ2v) is 8.78. The van der Waals surface area contributed by atoms with Crippen LogP contribution in [0.2, 0.25) is 0 Å². The summed E-state index contributed by atoms with van der Waals surface area (Å²) in [6.07, 6.45) is 6.34. The van der Waals surface area contributed by atoms with E-state index in [0.717, 1.165) is 58.2 Å². The second-order valence-electron chi connectivity index (χ2n) is 8.78. The Morgan fingerprint density at radius 3 is 2.45 bits per heavy atom. The Bertz CT molecular complexity index is 936. The Hall–Kier alpha value is -1.73. The number of ether oxygens (including phenoxy) is 1. The van der Waals surface area contributed by atoms with Gasteiger partial charge in [0.05, 0.1) is 11.6 Å². The number of aromatic nitrogens is 1. The number of likely N-dealkylation sites (tertiary alicyclic amines) is 1. The number of hydrogen-bond acceptors (Lipinski definition) is 4. The Morgan fingerprint density at radius 2 is 1.83 bits per heavy atom. The number of nitrogens with zero attached hydrogens (tertiary/aromatic N) is 2. The molecule has 0 bridgehead atoms. The number of oxazole rings is 1. The van der Waals surface area contributed by atoms with Gasteiger partial charge in [-0.1, -0.05) is 0 Å². The third-order valence-electron chi connectivity index (χ3n) is 6.97. The fourth-order valence-electron chi connectivity index (χ4n) is 5.17. The van der Waals surface area contributed by atoms with Crippen LogP contribution in [0, 0.1) is 18.6 Å². The molecule has 0 amide bonds. The highest BCUT2D eigenvalue weighted by atomic mass is 19.2. The predicted molar refractivity (Wildman–Crippen MR) is 107 cm³/mol. The molecule has 1 saturated carbocycles. The van der Waals surface area contributed by atoms with Crippen molar-refractivity contribution in [3.8, 4) is 0 Å². The van der Waals surface area contributed by atoms with Gasteiger partial charge in [-0.05, 0) is 70.9 Å². The van der Waals surface area contributed by atoms with E-state index in [-0.39, 0.29) is 22.7 Å². The maximum Gasteiger partial charge on any atom is 0.420 e. The van der Waals surface area contributed by atoms with Crippen molar-refractivity contribution in [2.24, 2.45) is 0 Å². The SMILES string of the molecule is CCOC1CCC(C)(N2CCC(n3c(=O)oc4c(F)c(F)c(C)cc43)CC2)CC1. The number of hydrogen-bond donors (Lipinski definition) is 0. The molecule has 1 aromatic heterocycles. The zero-order chi connectivity index (χ0) is 20.8. The van der Waals surface area contributed by atoms with Gasteiger partial charge in [0, 0.05) is 31.3 Å². The summed E-state index contributed by atoms with van der Waals surface area (Å²) in [5.74, 6) is -2.64. The fraction of sp³-hybridized carbons (Fsp3) is 0.682. The number of benzene rings is 1. The van der Waals surface area contributed by atoms with Crippen molar-refractivity contribution < 1.29 is 17.9 Å². The Labute approximate surface area is 169 Å². The van der Waals surface area contributed by atoms with Crippen molar-refractivity contribution in [3.63, 3.8) is 0 Å². The van der Waals surface area contributed by atoms with Crippen molar-refractivity contribution in [1.29, 1.82) is 0 Å². The number of halogens is 2. The van der Waals surface area contributed by atoms with Crippen molar-refractivity contribution in [1.82, 2.24) is 9.47 Å². The summed E-state index contributed by atoms with van der Waals surface area (Å²) in [7, 11) is 0. The van der Waals surface area contributed by atoms with Gasteiger partial charge in [0.1, 0.15) is 0 Å². The van der Waals surface area contributed by atoms with Crippen LogP contribution in [0.3, 0.4) is 0 Å². The molecule has 1 aliphatic carbocycles. The standard InChI is InChI=1S/C22H30F2N2O3/c1-4-28-16-5-9-22(3,10-6-16)25-11-7-15(8-12-25)26-17-13-14(2)18(23)19(24)20(17)29-21(26)27/h13,15-16H,4-12H2,1-3H3. The van der Waals surface area contributed by atoms with Crippen molar-refractivity contribution >= 4 is 11.1 Å². The van der Waals surface area contributed by atoms with E-state index in [0.29, 0.717) is 11.6 Å². The molecule has 2 aliphatic rings. The summed E-state index contributed by atoms with van der Waals surface area (Å²) < 4.78 is 40.5. The summed E-state index contributed by atoms with van der Waals surface area (Å²) in [6.45, 7) is 8.40. The first kappa shape index (κ1) is 20.5. The molecule has 2 heterocycles. The predicted octanol–water partition coefficient (Wildman–Crippen LogP) is 4.56. The zero-order valence-corrected chi connectivity index (χ0v) is 17.5. The van der Waals surface area contributed by atoms with E-state index >= 15 is 0 Å². The quantitative estimate of drug-likeness (QED) is 0.744. The first-order valence-corrected chi connectivity index (χ1v) is 10.7. The fourth-order valence-corrected chi connectivity index (χ4v) is 5.17. The molecule has 0 radical (unpaired) electrons. The van der Waals surface area contributed by atoms with E-state index in [2.05, 4.69) is 11.8 Å². The number of rotatable bonds is 4. The van der Waals surface area contributed by atoms with Crippen molar-refractivity contribution in [2.75, 3.05) is 19.7 Å². The van der Waals surface area contributed by atoms with Crippen LogP contribution < -0.4 is 5.76 Å². The molecule has 1 aromatic carbocycles. The van der Waals surface area contributed by atoms with Crippen LogP contribution in [0.4, 0.5) is 8.78 Å². The third kappa shape index (κ3) is 3.63. The lowest BCUT2D eigenvalue weighted by Crippen LogP contribution is -2.52. The van der Waals surface area contributed by atoms with Gasteiger partial charge in [0.15, 0.2) is 11.4 Å². The Kier molecular flexibility index (Phi) is 5.55. The number of piperidine rings is 1. The monoisotopic (exact) mass is 408 g/mol. The lowest BCUT2D eigenvalue weighted by atomic mass is 9.79. The molecule has 2 aromatic rings. The van der Waals surface area contributed by atoms with Gasteiger partial charge in [-0.3, -0.25) is 9.47 Å². The van der Waals surface area contributed by atoms with Crippen LogP contribution in [0.1, 0.15) is 64.0 Å². The maximum absolute atomic E-state index is 14.2. The molecule has 0 N–H and O–H groups in total. The van der Waals surface area contributed by atoms with E-state index in [1.54, 1.807) is 0 Å². The average molecular weight is 408 g/mol. The van der Waals surface area contributed by atoms with Crippen molar-refractivity contribution in [2.45, 2.75) is 77.0 Å². The molecular formula is C22H30F2N2O3. The van der Waals surface area contributed by atoms with Crippen LogP contribution in [0.15, 0.2) is 15.3 Å². The van der Waals surface area contributed by atoms with E-state index in [9.17, 15) is 13.6 Å². The minimum Gasteiger partial charge on any atom is -0.404 e. The van der Waals surface area contributed by atoms with E-state index < -0.39 is 17.4 Å². The molecule has 1 aliphatic heterocycles. The second kappa shape index (κ2) is 7.84. The van der Waals surface area contributed by atoms with E-state index in [1.165, 1.54) is 17.6 Å². The van der Waals surface area contributed by atoms with Gasteiger partial charge in [-0.15, -0.1) is 0 Å². The van der Waals surface area contributed by atoms with Gasteiger partial charge >= 0.3 is 5.76 Å².